The van der Waals surface area contributed by atoms with Crippen LogP contribution < -0.4 is 10.2 Å². The normalized spacial score (nSPS) is 11.3. The first-order chi connectivity index (χ1) is 13.6. The summed E-state index contributed by atoms with van der Waals surface area (Å²) in [5.74, 6) is 0.121. The van der Waals surface area contributed by atoms with Crippen molar-refractivity contribution in [2.75, 3.05) is 7.11 Å². The standard InChI is InChI=1S/C18H14N6O4/c1-28-12-3-5-15-13(7-12)10(8-19-15)9-20-23-18(25)17-14-6-11(24(26)27)2-4-16(14)21-22-17/h2-9,19H,1H3,(H,21,22)(H,23,25)/b20-9+. The Morgan fingerprint density at radius 1 is 1.25 bits per heavy atom. The minimum atomic E-state index is -0.583. The molecule has 0 saturated heterocycles. The van der Waals surface area contributed by atoms with E-state index < -0.39 is 10.8 Å². The van der Waals surface area contributed by atoms with Gasteiger partial charge in [0.15, 0.2) is 5.69 Å². The molecule has 140 valence electrons. The molecule has 4 aromatic rings. The van der Waals surface area contributed by atoms with E-state index in [0.717, 1.165) is 16.5 Å². The topological polar surface area (TPSA) is 138 Å². The molecule has 2 aromatic heterocycles. The Bertz CT molecular complexity index is 1240. The highest BCUT2D eigenvalue weighted by atomic mass is 16.6. The van der Waals surface area contributed by atoms with Crippen molar-refractivity contribution in [3.05, 3.63) is 64.0 Å². The zero-order valence-electron chi connectivity index (χ0n) is 14.6. The number of amides is 1. The van der Waals surface area contributed by atoms with Gasteiger partial charge in [-0.2, -0.15) is 10.2 Å². The molecule has 0 aliphatic rings. The first-order valence-corrected chi connectivity index (χ1v) is 8.18. The zero-order chi connectivity index (χ0) is 19.7. The SMILES string of the molecule is COc1ccc2[nH]cc(/C=N/NC(=O)c3n[nH]c4ccc([N+](=O)[O-])cc34)c2c1. The largest absolute Gasteiger partial charge is 0.497 e. The number of nitrogens with one attached hydrogen (secondary N) is 3. The number of fused-ring (bicyclic) bond motifs is 2. The molecule has 10 nitrogen and oxygen atoms in total. The van der Waals surface area contributed by atoms with E-state index in [-0.39, 0.29) is 11.4 Å². The van der Waals surface area contributed by atoms with Crippen LogP contribution in [0.2, 0.25) is 0 Å². The van der Waals surface area contributed by atoms with Crippen LogP contribution in [0.5, 0.6) is 5.75 Å². The lowest BCUT2D eigenvalue weighted by molar-refractivity contribution is -0.384. The lowest BCUT2D eigenvalue weighted by atomic mass is 10.2. The van der Waals surface area contributed by atoms with Crippen molar-refractivity contribution in [2.24, 2.45) is 5.10 Å². The highest BCUT2D eigenvalue weighted by Gasteiger charge is 2.17. The molecule has 0 atom stereocenters. The third-order valence-electron chi connectivity index (χ3n) is 4.26. The van der Waals surface area contributed by atoms with Gasteiger partial charge >= 0.3 is 0 Å². The van der Waals surface area contributed by atoms with Crippen LogP contribution in [0.4, 0.5) is 5.69 Å². The van der Waals surface area contributed by atoms with Gasteiger partial charge in [0, 0.05) is 40.2 Å². The average Bonchev–Trinajstić information content (AvgIpc) is 3.31. The predicted molar refractivity (Wildman–Crippen MR) is 103 cm³/mol. The van der Waals surface area contributed by atoms with Crippen LogP contribution in [0.25, 0.3) is 21.8 Å². The Labute approximate surface area is 157 Å². The van der Waals surface area contributed by atoms with Crippen molar-refractivity contribution in [2.45, 2.75) is 0 Å². The molecule has 0 spiro atoms. The molecule has 0 bridgehead atoms. The third kappa shape index (κ3) is 3.03. The summed E-state index contributed by atoms with van der Waals surface area (Å²) in [7, 11) is 1.58. The zero-order valence-corrected chi connectivity index (χ0v) is 14.6. The van der Waals surface area contributed by atoms with Gasteiger partial charge in [-0.3, -0.25) is 20.0 Å². The molecule has 0 radical (unpaired) electrons. The van der Waals surface area contributed by atoms with Crippen LogP contribution in [-0.4, -0.2) is 39.3 Å². The number of hydrazone groups is 1. The van der Waals surface area contributed by atoms with E-state index in [2.05, 4.69) is 25.7 Å². The Morgan fingerprint density at radius 3 is 2.86 bits per heavy atom. The lowest BCUT2D eigenvalue weighted by Crippen LogP contribution is -2.18. The Balaban J connectivity index is 1.57. The number of nitro groups is 1. The van der Waals surface area contributed by atoms with Gasteiger partial charge in [-0.05, 0) is 24.3 Å². The number of methoxy groups -OCH3 is 1. The minimum absolute atomic E-state index is 0.0245. The van der Waals surface area contributed by atoms with Gasteiger partial charge in [0.2, 0.25) is 0 Å². The number of aromatic nitrogens is 3. The van der Waals surface area contributed by atoms with E-state index >= 15 is 0 Å². The van der Waals surface area contributed by atoms with Gasteiger partial charge in [-0.15, -0.1) is 0 Å². The first-order valence-electron chi connectivity index (χ1n) is 8.18. The first kappa shape index (κ1) is 17.2. The van der Waals surface area contributed by atoms with Crippen molar-refractivity contribution in [3.8, 4) is 5.75 Å². The van der Waals surface area contributed by atoms with E-state index in [1.165, 1.54) is 24.4 Å². The molecule has 4 rings (SSSR count). The fourth-order valence-electron chi connectivity index (χ4n) is 2.86. The van der Waals surface area contributed by atoms with E-state index in [9.17, 15) is 14.9 Å². The summed E-state index contributed by atoms with van der Waals surface area (Å²) in [5, 5.41) is 22.7. The highest BCUT2D eigenvalue weighted by Crippen LogP contribution is 2.23. The fraction of sp³-hybridized carbons (Fsp3) is 0.0556. The number of non-ortho nitro benzene ring substituents is 1. The van der Waals surface area contributed by atoms with E-state index in [0.29, 0.717) is 16.7 Å². The number of rotatable bonds is 5. The number of H-pyrrole nitrogens is 2. The molecule has 0 fully saturated rings. The van der Waals surface area contributed by atoms with Crippen LogP contribution in [0.3, 0.4) is 0 Å². The van der Waals surface area contributed by atoms with Gasteiger partial charge in [0.25, 0.3) is 11.6 Å². The average molecular weight is 378 g/mol. The maximum atomic E-state index is 12.4. The number of hydrogen-bond acceptors (Lipinski definition) is 6. The summed E-state index contributed by atoms with van der Waals surface area (Å²) < 4.78 is 5.22. The number of carbonyl (C=O) groups excluding carboxylic acids is 1. The van der Waals surface area contributed by atoms with Gasteiger partial charge in [0.1, 0.15) is 5.75 Å². The van der Waals surface area contributed by atoms with Crippen LogP contribution in [0.1, 0.15) is 16.1 Å². The smallest absolute Gasteiger partial charge is 0.292 e. The summed E-state index contributed by atoms with van der Waals surface area (Å²) in [5.41, 5.74) is 4.47. The molecule has 0 aliphatic heterocycles. The van der Waals surface area contributed by atoms with E-state index in [1.807, 2.05) is 18.2 Å². The molecule has 1 amide bonds. The summed E-state index contributed by atoms with van der Waals surface area (Å²) in [6.45, 7) is 0. The molecule has 10 heteroatoms. The second kappa shape index (κ2) is 6.83. The molecule has 3 N–H and O–H groups in total. The summed E-state index contributed by atoms with van der Waals surface area (Å²) in [6, 6.07) is 9.71. The minimum Gasteiger partial charge on any atom is -0.497 e. The molecular formula is C18H14N6O4. The van der Waals surface area contributed by atoms with Gasteiger partial charge in [0.05, 0.1) is 23.8 Å². The Morgan fingerprint density at radius 2 is 2.07 bits per heavy atom. The maximum absolute atomic E-state index is 12.4. The molecule has 0 unspecified atom stereocenters. The molecule has 2 aromatic carbocycles. The van der Waals surface area contributed by atoms with Crippen LogP contribution in [-0.2, 0) is 0 Å². The second-order valence-corrected chi connectivity index (χ2v) is 5.91. The monoisotopic (exact) mass is 378 g/mol. The summed E-state index contributed by atoms with van der Waals surface area (Å²) in [6.07, 6.45) is 3.25. The number of nitrogens with zero attached hydrogens (tertiary/aromatic N) is 3. The van der Waals surface area contributed by atoms with Crippen LogP contribution >= 0.6 is 0 Å². The van der Waals surface area contributed by atoms with Crippen molar-refractivity contribution in [3.63, 3.8) is 0 Å². The van der Waals surface area contributed by atoms with Crippen molar-refractivity contribution < 1.29 is 14.5 Å². The van der Waals surface area contributed by atoms with Crippen LogP contribution in [0.15, 0.2) is 47.7 Å². The molecule has 2 heterocycles. The lowest BCUT2D eigenvalue weighted by Gasteiger charge is -1.99. The summed E-state index contributed by atoms with van der Waals surface area (Å²) in [4.78, 5) is 25.9. The van der Waals surface area contributed by atoms with E-state index in [4.69, 9.17) is 4.74 Å². The molecule has 0 saturated carbocycles. The highest BCUT2D eigenvalue weighted by molar-refractivity contribution is 6.06. The number of ether oxygens (including phenoxy) is 1. The second-order valence-electron chi connectivity index (χ2n) is 5.91. The van der Waals surface area contributed by atoms with Crippen molar-refractivity contribution in [1.82, 2.24) is 20.6 Å². The molecular weight excluding hydrogens is 364 g/mol. The quantitative estimate of drug-likeness (QED) is 0.278. The molecule has 28 heavy (non-hydrogen) atoms. The third-order valence-corrected chi connectivity index (χ3v) is 4.26. The van der Waals surface area contributed by atoms with Crippen molar-refractivity contribution in [1.29, 1.82) is 0 Å². The fourth-order valence-corrected chi connectivity index (χ4v) is 2.86. The maximum Gasteiger partial charge on any atom is 0.292 e. The Hall–Kier alpha value is -4.21. The van der Waals surface area contributed by atoms with Crippen LogP contribution in [0, 0.1) is 10.1 Å². The number of hydrogen-bond donors (Lipinski definition) is 3. The predicted octanol–water partition coefficient (Wildman–Crippen LogP) is 2.72. The van der Waals surface area contributed by atoms with Crippen molar-refractivity contribution >= 4 is 39.6 Å². The Kier molecular flexibility index (Phi) is 4.20. The van der Waals surface area contributed by atoms with Gasteiger partial charge in [-0.1, -0.05) is 0 Å². The van der Waals surface area contributed by atoms with Gasteiger partial charge in [-0.25, -0.2) is 5.43 Å². The number of benzene rings is 2. The summed E-state index contributed by atoms with van der Waals surface area (Å²) >= 11 is 0. The van der Waals surface area contributed by atoms with Gasteiger partial charge < -0.3 is 9.72 Å². The number of aromatic amines is 2. The number of nitro benzene ring substituents is 1. The molecule has 0 aliphatic carbocycles. The number of carbonyl (C=O) groups is 1. The van der Waals surface area contributed by atoms with E-state index in [1.54, 1.807) is 13.3 Å².